The molecule has 0 heterocycles. The van der Waals surface area contributed by atoms with Crippen LogP contribution in [0.1, 0.15) is 11.5 Å². The summed E-state index contributed by atoms with van der Waals surface area (Å²) in [6.45, 7) is 0.0985. The zero-order chi connectivity index (χ0) is 15.1. The second-order valence-corrected chi connectivity index (χ2v) is 7.73. The minimum atomic E-state index is -3.38. The molecule has 0 aromatic heterocycles. The van der Waals surface area contributed by atoms with Crippen LogP contribution in [-0.4, -0.2) is 38.6 Å². The second-order valence-electron chi connectivity index (χ2n) is 5.12. The van der Waals surface area contributed by atoms with E-state index in [0.717, 1.165) is 6.26 Å². The molecule has 2 rings (SSSR count). The fourth-order valence-corrected chi connectivity index (χ4v) is 5.29. The highest BCUT2D eigenvalue weighted by atomic mass is 32.2. The maximum absolute atomic E-state index is 13.4. The molecule has 7 heteroatoms. The molecule has 0 bridgehead atoms. The number of halogens is 1. The Kier molecular flexibility index (Phi) is 3.88. The Bertz CT molecular complexity index is 647. The first-order valence-electron chi connectivity index (χ1n) is 5.98. The van der Waals surface area contributed by atoms with Gasteiger partial charge in [0.15, 0.2) is 9.84 Å². The average Bonchev–Trinajstić information content (AvgIpc) is 3.00. The number of thiocarbonyl (C=S) groups is 1. The van der Waals surface area contributed by atoms with Crippen molar-refractivity contribution >= 4 is 27.0 Å². The van der Waals surface area contributed by atoms with E-state index in [-0.39, 0.29) is 11.6 Å². The van der Waals surface area contributed by atoms with Crippen molar-refractivity contribution in [2.24, 2.45) is 11.1 Å². The fourth-order valence-electron chi connectivity index (χ4n) is 2.98. The first-order chi connectivity index (χ1) is 9.25. The Morgan fingerprint density at radius 1 is 1.55 bits per heavy atom. The third-order valence-corrected chi connectivity index (χ3v) is 5.76. The van der Waals surface area contributed by atoms with Gasteiger partial charge < -0.3 is 10.5 Å². The van der Waals surface area contributed by atoms with Crippen molar-refractivity contribution in [3.8, 4) is 0 Å². The van der Waals surface area contributed by atoms with Gasteiger partial charge in [-0.25, -0.2) is 12.8 Å². The van der Waals surface area contributed by atoms with Crippen molar-refractivity contribution in [2.45, 2.75) is 11.2 Å². The van der Waals surface area contributed by atoms with Crippen LogP contribution >= 0.6 is 12.2 Å². The van der Waals surface area contributed by atoms with Gasteiger partial charge in [-0.3, -0.25) is 0 Å². The molecule has 1 fully saturated rings. The number of methoxy groups -OCH3 is 1. The SMILES string of the molecule is COC[C@]1(C(N)=S)[C@H](c2cccc(F)c2)[C@@H]1S(C)(=O)=O. The van der Waals surface area contributed by atoms with Crippen LogP contribution in [-0.2, 0) is 14.6 Å². The van der Waals surface area contributed by atoms with Crippen molar-refractivity contribution in [3.05, 3.63) is 35.6 Å². The van der Waals surface area contributed by atoms with Crippen molar-refractivity contribution < 1.29 is 17.5 Å². The first kappa shape index (κ1) is 15.3. The predicted octanol–water partition coefficient (Wildman–Crippen LogP) is 1.26. The van der Waals surface area contributed by atoms with Crippen LogP contribution in [0.3, 0.4) is 0 Å². The smallest absolute Gasteiger partial charge is 0.152 e. The lowest BCUT2D eigenvalue weighted by atomic mass is 10.00. The number of sulfone groups is 1. The monoisotopic (exact) mass is 317 g/mol. The standard InChI is InChI=1S/C13H16FNO3S2/c1-18-7-13(12(15)19)10(11(13)20(2,16)17)8-4-3-5-9(14)6-8/h3-6,10-11H,7H2,1-2H3,(H2,15,19)/t10-,11+,13+/m1/s1. The first-order valence-corrected chi connectivity index (χ1v) is 8.34. The molecule has 0 radical (unpaired) electrons. The number of benzene rings is 1. The van der Waals surface area contributed by atoms with E-state index >= 15 is 0 Å². The maximum atomic E-state index is 13.4. The van der Waals surface area contributed by atoms with E-state index in [9.17, 15) is 12.8 Å². The van der Waals surface area contributed by atoms with Crippen LogP contribution in [0.25, 0.3) is 0 Å². The number of hydrogen-bond acceptors (Lipinski definition) is 4. The second kappa shape index (κ2) is 5.05. The van der Waals surface area contributed by atoms with Crippen LogP contribution in [0, 0.1) is 11.2 Å². The van der Waals surface area contributed by atoms with Crippen molar-refractivity contribution in [2.75, 3.05) is 20.0 Å². The summed E-state index contributed by atoms with van der Waals surface area (Å²) < 4.78 is 42.5. The molecular formula is C13H16FNO3S2. The quantitative estimate of drug-likeness (QED) is 0.828. The predicted molar refractivity (Wildman–Crippen MR) is 78.9 cm³/mol. The Labute approximate surface area is 123 Å². The highest BCUT2D eigenvalue weighted by molar-refractivity contribution is 7.92. The molecule has 0 unspecified atom stereocenters. The number of hydrogen-bond donors (Lipinski definition) is 1. The summed E-state index contributed by atoms with van der Waals surface area (Å²) >= 11 is 5.06. The van der Waals surface area contributed by atoms with Gasteiger partial charge in [-0.05, 0) is 17.7 Å². The topological polar surface area (TPSA) is 69.4 Å². The molecule has 0 aliphatic heterocycles. The summed E-state index contributed by atoms with van der Waals surface area (Å²) in [6.07, 6.45) is 1.14. The molecule has 110 valence electrons. The molecule has 2 N–H and O–H groups in total. The van der Waals surface area contributed by atoms with Crippen LogP contribution in [0.4, 0.5) is 4.39 Å². The third kappa shape index (κ3) is 2.34. The van der Waals surface area contributed by atoms with Gasteiger partial charge in [-0.15, -0.1) is 0 Å². The van der Waals surface area contributed by atoms with Gasteiger partial charge in [0.05, 0.1) is 22.3 Å². The molecule has 1 aliphatic rings. The molecule has 1 aliphatic carbocycles. The van der Waals surface area contributed by atoms with Crippen LogP contribution in [0.2, 0.25) is 0 Å². The lowest BCUT2D eigenvalue weighted by Crippen LogP contribution is -2.32. The van der Waals surface area contributed by atoms with Gasteiger partial charge in [0, 0.05) is 19.3 Å². The van der Waals surface area contributed by atoms with Crippen molar-refractivity contribution in [1.29, 1.82) is 0 Å². The highest BCUT2D eigenvalue weighted by Gasteiger charge is 2.71. The maximum Gasteiger partial charge on any atom is 0.152 e. The summed E-state index contributed by atoms with van der Waals surface area (Å²) in [5.41, 5.74) is 5.39. The Hall–Kier alpha value is -1.05. The third-order valence-electron chi connectivity index (χ3n) is 3.77. The lowest BCUT2D eigenvalue weighted by Gasteiger charge is -2.15. The van der Waals surface area contributed by atoms with Gasteiger partial charge in [-0.2, -0.15) is 0 Å². The van der Waals surface area contributed by atoms with E-state index in [1.165, 1.54) is 19.2 Å². The van der Waals surface area contributed by atoms with Gasteiger partial charge >= 0.3 is 0 Å². The molecule has 4 nitrogen and oxygen atoms in total. The minimum absolute atomic E-state index is 0.0871. The molecule has 1 aromatic carbocycles. The summed E-state index contributed by atoms with van der Waals surface area (Å²) in [4.78, 5) is 0.0871. The Morgan fingerprint density at radius 3 is 2.65 bits per heavy atom. The number of ether oxygens (including phenoxy) is 1. The van der Waals surface area contributed by atoms with Crippen LogP contribution in [0.5, 0.6) is 0 Å². The molecular weight excluding hydrogens is 301 g/mol. The van der Waals surface area contributed by atoms with E-state index in [1.807, 2.05) is 0 Å². The van der Waals surface area contributed by atoms with E-state index in [4.69, 9.17) is 22.7 Å². The van der Waals surface area contributed by atoms with Crippen molar-refractivity contribution in [1.82, 2.24) is 0 Å². The van der Waals surface area contributed by atoms with Gasteiger partial charge in [0.1, 0.15) is 5.82 Å². The van der Waals surface area contributed by atoms with E-state index in [2.05, 4.69) is 0 Å². The van der Waals surface area contributed by atoms with Gasteiger partial charge in [0.25, 0.3) is 0 Å². The van der Waals surface area contributed by atoms with E-state index in [1.54, 1.807) is 12.1 Å². The summed E-state index contributed by atoms with van der Waals surface area (Å²) in [7, 11) is -1.93. The summed E-state index contributed by atoms with van der Waals surface area (Å²) in [6, 6.07) is 5.85. The number of nitrogens with two attached hydrogens (primary N) is 1. The summed E-state index contributed by atoms with van der Waals surface area (Å²) in [5.74, 6) is -0.887. The minimum Gasteiger partial charge on any atom is -0.393 e. The van der Waals surface area contributed by atoms with Crippen LogP contribution < -0.4 is 5.73 Å². The summed E-state index contributed by atoms with van der Waals surface area (Å²) in [5, 5.41) is -0.769. The zero-order valence-electron chi connectivity index (χ0n) is 11.2. The Morgan fingerprint density at radius 2 is 2.20 bits per heavy atom. The Balaban J connectivity index is 2.53. The van der Waals surface area contributed by atoms with Crippen molar-refractivity contribution in [3.63, 3.8) is 0 Å². The molecule has 1 aromatic rings. The normalized spacial score (nSPS) is 29.1. The average molecular weight is 317 g/mol. The van der Waals surface area contributed by atoms with Gasteiger partial charge in [-0.1, -0.05) is 24.4 Å². The number of rotatable bonds is 5. The lowest BCUT2D eigenvalue weighted by molar-refractivity contribution is 0.166. The van der Waals surface area contributed by atoms with Crippen LogP contribution in [0.15, 0.2) is 24.3 Å². The zero-order valence-corrected chi connectivity index (χ0v) is 12.8. The molecule has 0 spiro atoms. The highest BCUT2D eigenvalue weighted by Crippen LogP contribution is 2.63. The molecule has 1 saturated carbocycles. The largest absolute Gasteiger partial charge is 0.393 e. The van der Waals surface area contributed by atoms with E-state index < -0.39 is 32.2 Å². The molecule has 0 saturated heterocycles. The van der Waals surface area contributed by atoms with Gasteiger partial charge in [0.2, 0.25) is 0 Å². The fraction of sp³-hybridized carbons (Fsp3) is 0.462. The molecule has 0 amide bonds. The molecule has 20 heavy (non-hydrogen) atoms. The van der Waals surface area contributed by atoms with E-state index in [0.29, 0.717) is 5.56 Å². The molecule has 3 atom stereocenters.